The highest BCUT2D eigenvalue weighted by Crippen LogP contribution is 2.38. The van der Waals surface area contributed by atoms with Gasteiger partial charge in [-0.05, 0) is 31.3 Å². The van der Waals surface area contributed by atoms with Gasteiger partial charge in [-0.1, -0.05) is 19.9 Å². The van der Waals surface area contributed by atoms with Gasteiger partial charge in [0.25, 0.3) is 5.78 Å². The molecule has 1 unspecified atom stereocenters. The molecule has 0 heterocycles. The SMILES string of the molecule is CCOC(=O)C(=O)C1C(=O)C(C)=CCC1(C)C. The Balaban J connectivity index is 3.02. The van der Waals surface area contributed by atoms with E-state index in [2.05, 4.69) is 4.74 Å². The molecule has 0 aromatic heterocycles. The first-order valence-corrected chi connectivity index (χ1v) is 5.73. The van der Waals surface area contributed by atoms with Gasteiger partial charge in [-0.3, -0.25) is 9.59 Å². The molecule has 1 aliphatic carbocycles. The standard InChI is InChI=1S/C13H18O4/c1-5-17-12(16)11(15)9-10(14)8(2)6-7-13(9,3)4/h6,9H,5,7H2,1-4H3. The highest BCUT2D eigenvalue weighted by Gasteiger charge is 2.45. The second-order valence-electron chi connectivity index (χ2n) is 4.96. The van der Waals surface area contributed by atoms with Crippen molar-refractivity contribution >= 4 is 17.5 Å². The largest absolute Gasteiger partial charge is 0.460 e. The zero-order valence-electron chi connectivity index (χ0n) is 10.7. The van der Waals surface area contributed by atoms with Crippen molar-refractivity contribution in [2.75, 3.05) is 6.61 Å². The molecule has 4 heteroatoms. The molecule has 0 aliphatic heterocycles. The topological polar surface area (TPSA) is 60.4 Å². The number of carbonyl (C=O) groups excluding carboxylic acids is 3. The minimum Gasteiger partial charge on any atom is -0.460 e. The molecular weight excluding hydrogens is 220 g/mol. The fourth-order valence-electron chi connectivity index (χ4n) is 2.01. The molecule has 0 bridgehead atoms. The van der Waals surface area contributed by atoms with Gasteiger partial charge in [0.2, 0.25) is 0 Å². The summed E-state index contributed by atoms with van der Waals surface area (Å²) in [5.74, 6) is -2.81. The van der Waals surface area contributed by atoms with E-state index in [0.717, 1.165) is 0 Å². The molecule has 1 atom stereocenters. The summed E-state index contributed by atoms with van der Waals surface area (Å²) in [6.45, 7) is 7.07. The molecule has 0 aromatic carbocycles. The number of rotatable bonds is 3. The van der Waals surface area contributed by atoms with E-state index in [9.17, 15) is 14.4 Å². The number of hydrogen-bond acceptors (Lipinski definition) is 4. The van der Waals surface area contributed by atoms with Gasteiger partial charge in [0.05, 0.1) is 12.5 Å². The van der Waals surface area contributed by atoms with E-state index in [1.807, 2.05) is 19.9 Å². The van der Waals surface area contributed by atoms with Gasteiger partial charge in [0, 0.05) is 0 Å². The van der Waals surface area contributed by atoms with Crippen molar-refractivity contribution in [1.29, 1.82) is 0 Å². The van der Waals surface area contributed by atoms with Gasteiger partial charge < -0.3 is 4.74 Å². The highest BCUT2D eigenvalue weighted by molar-refractivity contribution is 6.39. The average Bonchev–Trinajstić information content (AvgIpc) is 2.24. The number of hydrogen-bond donors (Lipinski definition) is 0. The van der Waals surface area contributed by atoms with Crippen LogP contribution >= 0.6 is 0 Å². The van der Waals surface area contributed by atoms with Crippen molar-refractivity contribution in [1.82, 2.24) is 0 Å². The van der Waals surface area contributed by atoms with Gasteiger partial charge in [-0.2, -0.15) is 0 Å². The number of esters is 1. The van der Waals surface area contributed by atoms with Crippen molar-refractivity contribution in [2.45, 2.75) is 34.1 Å². The van der Waals surface area contributed by atoms with E-state index in [1.54, 1.807) is 13.8 Å². The molecule has 0 radical (unpaired) electrons. The first-order chi connectivity index (χ1) is 7.81. The zero-order valence-corrected chi connectivity index (χ0v) is 10.7. The highest BCUT2D eigenvalue weighted by atomic mass is 16.5. The van der Waals surface area contributed by atoms with Gasteiger partial charge in [-0.25, -0.2) is 4.79 Å². The molecule has 0 saturated carbocycles. The van der Waals surface area contributed by atoms with Crippen LogP contribution in [0.25, 0.3) is 0 Å². The lowest BCUT2D eigenvalue weighted by Gasteiger charge is -2.34. The van der Waals surface area contributed by atoms with Crippen LogP contribution in [0.5, 0.6) is 0 Å². The maximum atomic E-state index is 12.0. The number of ether oxygens (including phenoxy) is 1. The van der Waals surface area contributed by atoms with E-state index < -0.39 is 23.1 Å². The number of carbonyl (C=O) groups is 3. The normalized spacial score (nSPS) is 22.9. The molecule has 17 heavy (non-hydrogen) atoms. The van der Waals surface area contributed by atoms with E-state index in [0.29, 0.717) is 12.0 Å². The number of Topliss-reactive ketones (excluding diaryl/α,β-unsaturated/α-hetero) is 2. The van der Waals surface area contributed by atoms with Crippen molar-refractivity contribution in [3.8, 4) is 0 Å². The Morgan fingerprint density at radius 2 is 2.06 bits per heavy atom. The van der Waals surface area contributed by atoms with Crippen LogP contribution in [0.3, 0.4) is 0 Å². The van der Waals surface area contributed by atoms with Crippen LogP contribution in [-0.2, 0) is 19.1 Å². The lowest BCUT2D eigenvalue weighted by atomic mass is 9.67. The average molecular weight is 238 g/mol. The van der Waals surface area contributed by atoms with Crippen molar-refractivity contribution < 1.29 is 19.1 Å². The van der Waals surface area contributed by atoms with Crippen molar-refractivity contribution in [3.63, 3.8) is 0 Å². The van der Waals surface area contributed by atoms with Crippen LogP contribution < -0.4 is 0 Å². The van der Waals surface area contributed by atoms with E-state index in [4.69, 9.17) is 0 Å². The predicted octanol–water partition coefficient (Wildman–Crippen LogP) is 1.68. The Bertz CT molecular complexity index is 390. The van der Waals surface area contributed by atoms with Gasteiger partial charge in [-0.15, -0.1) is 0 Å². The molecule has 0 aromatic rings. The second kappa shape index (κ2) is 4.82. The van der Waals surface area contributed by atoms with Crippen LogP contribution in [-0.4, -0.2) is 24.1 Å². The van der Waals surface area contributed by atoms with E-state index in [-0.39, 0.29) is 12.4 Å². The maximum absolute atomic E-state index is 12.0. The summed E-state index contributed by atoms with van der Waals surface area (Å²) in [6.07, 6.45) is 2.43. The molecule has 1 aliphatic rings. The monoisotopic (exact) mass is 238 g/mol. The molecule has 0 fully saturated rings. The number of ketones is 2. The summed E-state index contributed by atoms with van der Waals surface area (Å²) in [5, 5.41) is 0. The number of allylic oxidation sites excluding steroid dienone is 2. The zero-order chi connectivity index (χ0) is 13.2. The summed E-state index contributed by atoms with van der Waals surface area (Å²) in [4.78, 5) is 35.4. The third-order valence-electron chi connectivity index (χ3n) is 3.11. The molecule has 0 amide bonds. The molecular formula is C13H18O4. The van der Waals surface area contributed by atoms with Crippen LogP contribution in [0.2, 0.25) is 0 Å². The van der Waals surface area contributed by atoms with Gasteiger partial charge in [0.15, 0.2) is 5.78 Å². The molecule has 0 saturated heterocycles. The Labute approximate surface area is 101 Å². The van der Waals surface area contributed by atoms with Gasteiger partial charge in [0.1, 0.15) is 0 Å². The Morgan fingerprint density at radius 1 is 1.47 bits per heavy atom. The van der Waals surface area contributed by atoms with Crippen molar-refractivity contribution in [3.05, 3.63) is 11.6 Å². The minimum atomic E-state index is -0.911. The molecule has 0 N–H and O–H groups in total. The van der Waals surface area contributed by atoms with Crippen molar-refractivity contribution in [2.24, 2.45) is 11.3 Å². The Kier molecular flexibility index (Phi) is 3.86. The lowest BCUT2D eigenvalue weighted by Crippen LogP contribution is -2.43. The first kappa shape index (κ1) is 13.6. The van der Waals surface area contributed by atoms with E-state index >= 15 is 0 Å². The van der Waals surface area contributed by atoms with Crippen LogP contribution in [0.1, 0.15) is 34.1 Å². The Hall–Kier alpha value is -1.45. The summed E-state index contributed by atoms with van der Waals surface area (Å²) in [7, 11) is 0. The lowest BCUT2D eigenvalue weighted by molar-refractivity contribution is -0.158. The predicted molar refractivity (Wildman–Crippen MR) is 62.3 cm³/mol. The van der Waals surface area contributed by atoms with Crippen LogP contribution in [0.4, 0.5) is 0 Å². The fourth-order valence-corrected chi connectivity index (χ4v) is 2.01. The minimum absolute atomic E-state index is 0.140. The van der Waals surface area contributed by atoms with E-state index in [1.165, 1.54) is 0 Å². The maximum Gasteiger partial charge on any atom is 0.375 e. The Morgan fingerprint density at radius 3 is 2.59 bits per heavy atom. The molecule has 1 rings (SSSR count). The summed E-state index contributed by atoms with van der Waals surface area (Å²) < 4.78 is 4.67. The first-order valence-electron chi connectivity index (χ1n) is 5.73. The summed E-state index contributed by atoms with van der Waals surface area (Å²) in [6, 6.07) is 0. The third-order valence-corrected chi connectivity index (χ3v) is 3.11. The second-order valence-corrected chi connectivity index (χ2v) is 4.96. The molecule has 94 valence electrons. The third kappa shape index (κ3) is 2.62. The van der Waals surface area contributed by atoms with Crippen LogP contribution in [0, 0.1) is 11.3 Å². The summed E-state index contributed by atoms with van der Waals surface area (Å²) in [5.41, 5.74) is 0.0208. The smallest absolute Gasteiger partial charge is 0.375 e. The van der Waals surface area contributed by atoms with Crippen LogP contribution in [0.15, 0.2) is 11.6 Å². The quantitative estimate of drug-likeness (QED) is 0.426. The summed E-state index contributed by atoms with van der Waals surface area (Å²) >= 11 is 0. The fraction of sp³-hybridized carbons (Fsp3) is 0.615. The van der Waals surface area contributed by atoms with Gasteiger partial charge >= 0.3 is 5.97 Å². The molecule has 4 nitrogen and oxygen atoms in total. The molecule has 0 spiro atoms.